The third kappa shape index (κ3) is 3.93. The van der Waals surface area contributed by atoms with Crippen molar-refractivity contribution >= 4 is 10.0 Å². The monoisotopic (exact) mass is 233 g/mol. The van der Waals surface area contributed by atoms with Gasteiger partial charge in [0.1, 0.15) is 0 Å². The van der Waals surface area contributed by atoms with Crippen molar-refractivity contribution in [3.63, 3.8) is 0 Å². The average molecular weight is 233 g/mol. The van der Waals surface area contributed by atoms with E-state index in [4.69, 9.17) is 5.11 Å². The molecule has 4 nitrogen and oxygen atoms in total. The molecule has 0 spiro atoms. The van der Waals surface area contributed by atoms with Crippen molar-refractivity contribution in [2.45, 2.75) is 31.7 Å². The lowest BCUT2D eigenvalue weighted by atomic mass is 10.4. The molecule has 0 aromatic carbocycles. The standard InChI is InChI=1S/C10H19NO3S/c1-2-7-11(10-5-6-10)15(13,14)9-4-3-8-12/h2,10,12H,1,3-9H2. The second kappa shape index (κ2) is 5.63. The van der Waals surface area contributed by atoms with Gasteiger partial charge in [-0.2, -0.15) is 4.31 Å². The van der Waals surface area contributed by atoms with Crippen LogP contribution in [0, 0.1) is 0 Å². The molecular formula is C10H19NO3S. The summed E-state index contributed by atoms with van der Waals surface area (Å²) in [6, 6.07) is 0.196. The maximum Gasteiger partial charge on any atom is 0.214 e. The van der Waals surface area contributed by atoms with Gasteiger partial charge in [-0.05, 0) is 25.7 Å². The molecule has 15 heavy (non-hydrogen) atoms. The molecule has 0 radical (unpaired) electrons. The summed E-state index contributed by atoms with van der Waals surface area (Å²) in [6.45, 7) is 4.04. The Kier molecular flexibility index (Phi) is 4.76. The minimum Gasteiger partial charge on any atom is -0.396 e. The lowest BCUT2D eigenvalue weighted by molar-refractivity contribution is 0.287. The summed E-state index contributed by atoms with van der Waals surface area (Å²) < 4.78 is 25.3. The van der Waals surface area contributed by atoms with Crippen molar-refractivity contribution in [2.24, 2.45) is 0 Å². The third-order valence-corrected chi connectivity index (χ3v) is 4.40. The maximum absolute atomic E-state index is 11.9. The first-order valence-corrected chi connectivity index (χ1v) is 6.94. The smallest absolute Gasteiger partial charge is 0.214 e. The summed E-state index contributed by atoms with van der Waals surface area (Å²) in [7, 11) is -3.14. The Labute approximate surface area is 91.6 Å². The fourth-order valence-electron chi connectivity index (χ4n) is 1.49. The summed E-state index contributed by atoms with van der Waals surface area (Å²) in [5.41, 5.74) is 0. The fraction of sp³-hybridized carbons (Fsp3) is 0.800. The Balaban J connectivity index is 2.51. The van der Waals surface area contributed by atoms with Crippen LogP contribution in [-0.4, -0.2) is 42.8 Å². The number of hydrogen-bond acceptors (Lipinski definition) is 3. The number of aliphatic hydroxyl groups excluding tert-OH is 1. The SMILES string of the molecule is C=CCN(C1CC1)S(=O)(=O)CCCCO. The summed E-state index contributed by atoms with van der Waals surface area (Å²) in [6.07, 6.45) is 4.63. The van der Waals surface area contributed by atoms with Gasteiger partial charge in [0.05, 0.1) is 5.75 Å². The van der Waals surface area contributed by atoms with Crippen LogP contribution in [0.1, 0.15) is 25.7 Å². The highest BCUT2D eigenvalue weighted by molar-refractivity contribution is 7.89. The average Bonchev–Trinajstić information content (AvgIpc) is 2.97. The zero-order valence-corrected chi connectivity index (χ0v) is 9.75. The molecule has 1 aliphatic carbocycles. The lowest BCUT2D eigenvalue weighted by Crippen LogP contribution is -2.35. The van der Waals surface area contributed by atoms with Gasteiger partial charge in [0.25, 0.3) is 0 Å². The van der Waals surface area contributed by atoms with Crippen molar-refractivity contribution < 1.29 is 13.5 Å². The molecule has 0 saturated heterocycles. The number of rotatable bonds is 8. The molecule has 0 heterocycles. The van der Waals surface area contributed by atoms with Crippen molar-refractivity contribution in [1.29, 1.82) is 0 Å². The van der Waals surface area contributed by atoms with Gasteiger partial charge >= 0.3 is 0 Å². The quantitative estimate of drug-likeness (QED) is 0.497. The van der Waals surface area contributed by atoms with Gasteiger partial charge in [0, 0.05) is 19.2 Å². The van der Waals surface area contributed by atoms with Crippen LogP contribution in [0.5, 0.6) is 0 Å². The number of sulfonamides is 1. The summed E-state index contributed by atoms with van der Waals surface area (Å²) in [4.78, 5) is 0. The Bertz CT molecular complexity index is 296. The van der Waals surface area contributed by atoms with Crippen LogP contribution in [-0.2, 0) is 10.0 Å². The fourth-order valence-corrected chi connectivity index (χ4v) is 3.29. The van der Waals surface area contributed by atoms with Gasteiger partial charge in [0.15, 0.2) is 0 Å². The first-order valence-electron chi connectivity index (χ1n) is 5.33. The molecule has 1 rings (SSSR count). The van der Waals surface area contributed by atoms with Crippen molar-refractivity contribution in [3.05, 3.63) is 12.7 Å². The molecule has 0 bridgehead atoms. The van der Waals surface area contributed by atoms with Crippen LogP contribution < -0.4 is 0 Å². The molecule has 0 unspecified atom stereocenters. The Morgan fingerprint density at radius 3 is 2.53 bits per heavy atom. The van der Waals surface area contributed by atoms with E-state index in [1.165, 1.54) is 4.31 Å². The van der Waals surface area contributed by atoms with E-state index in [0.717, 1.165) is 12.8 Å². The Hall–Kier alpha value is -0.390. The number of nitrogens with zero attached hydrogens (tertiary/aromatic N) is 1. The van der Waals surface area contributed by atoms with Gasteiger partial charge in [0.2, 0.25) is 10.0 Å². The molecular weight excluding hydrogens is 214 g/mol. The molecule has 1 N–H and O–H groups in total. The molecule has 1 fully saturated rings. The zero-order chi connectivity index (χ0) is 11.3. The van der Waals surface area contributed by atoms with Crippen molar-refractivity contribution in [3.8, 4) is 0 Å². The molecule has 0 aromatic heterocycles. The van der Waals surface area contributed by atoms with E-state index in [2.05, 4.69) is 6.58 Å². The van der Waals surface area contributed by atoms with E-state index in [0.29, 0.717) is 19.4 Å². The predicted molar refractivity (Wildman–Crippen MR) is 60.0 cm³/mol. The normalized spacial score (nSPS) is 16.9. The lowest BCUT2D eigenvalue weighted by Gasteiger charge is -2.19. The zero-order valence-electron chi connectivity index (χ0n) is 8.93. The second-order valence-electron chi connectivity index (χ2n) is 3.84. The van der Waals surface area contributed by atoms with Crippen LogP contribution in [0.2, 0.25) is 0 Å². The highest BCUT2D eigenvalue weighted by Gasteiger charge is 2.35. The minimum atomic E-state index is -3.14. The Morgan fingerprint density at radius 1 is 1.40 bits per heavy atom. The van der Waals surface area contributed by atoms with Crippen LogP contribution in [0.15, 0.2) is 12.7 Å². The van der Waals surface area contributed by atoms with Gasteiger partial charge in [-0.1, -0.05) is 6.08 Å². The third-order valence-electron chi connectivity index (χ3n) is 2.43. The van der Waals surface area contributed by atoms with E-state index in [1.54, 1.807) is 6.08 Å². The number of aliphatic hydroxyl groups is 1. The molecule has 88 valence electrons. The topological polar surface area (TPSA) is 57.6 Å². The molecule has 0 amide bonds. The van der Waals surface area contributed by atoms with Gasteiger partial charge in [-0.25, -0.2) is 8.42 Å². The van der Waals surface area contributed by atoms with E-state index in [-0.39, 0.29) is 18.4 Å². The van der Waals surface area contributed by atoms with Crippen LogP contribution in [0.3, 0.4) is 0 Å². The number of hydrogen-bond donors (Lipinski definition) is 1. The van der Waals surface area contributed by atoms with Crippen LogP contribution >= 0.6 is 0 Å². The summed E-state index contributed by atoms with van der Waals surface area (Å²) in [5.74, 6) is 0.137. The molecule has 1 aliphatic rings. The highest BCUT2D eigenvalue weighted by Crippen LogP contribution is 2.29. The molecule has 5 heteroatoms. The second-order valence-corrected chi connectivity index (χ2v) is 5.88. The molecule has 0 atom stereocenters. The van der Waals surface area contributed by atoms with Crippen molar-refractivity contribution in [2.75, 3.05) is 18.9 Å². The van der Waals surface area contributed by atoms with Crippen LogP contribution in [0.4, 0.5) is 0 Å². The minimum absolute atomic E-state index is 0.0560. The molecule has 0 aromatic rings. The first-order chi connectivity index (χ1) is 7.11. The van der Waals surface area contributed by atoms with Gasteiger partial charge in [-0.3, -0.25) is 0 Å². The van der Waals surface area contributed by atoms with E-state index < -0.39 is 10.0 Å². The van der Waals surface area contributed by atoms with E-state index in [9.17, 15) is 8.42 Å². The van der Waals surface area contributed by atoms with E-state index in [1.807, 2.05) is 0 Å². The van der Waals surface area contributed by atoms with Gasteiger partial charge in [-0.15, -0.1) is 6.58 Å². The predicted octanol–water partition coefficient (Wildman–Crippen LogP) is 0.739. The largest absolute Gasteiger partial charge is 0.396 e. The van der Waals surface area contributed by atoms with Gasteiger partial charge < -0.3 is 5.11 Å². The van der Waals surface area contributed by atoms with Crippen molar-refractivity contribution in [1.82, 2.24) is 4.31 Å². The molecule has 0 aliphatic heterocycles. The maximum atomic E-state index is 11.9. The Morgan fingerprint density at radius 2 is 2.07 bits per heavy atom. The summed E-state index contributed by atoms with van der Waals surface area (Å²) in [5, 5.41) is 8.60. The first kappa shape index (κ1) is 12.7. The van der Waals surface area contributed by atoms with Crippen LogP contribution in [0.25, 0.3) is 0 Å². The highest BCUT2D eigenvalue weighted by atomic mass is 32.2. The number of unbranched alkanes of at least 4 members (excludes halogenated alkanes) is 1. The molecule has 1 saturated carbocycles. The summed E-state index contributed by atoms with van der Waals surface area (Å²) >= 11 is 0. The van der Waals surface area contributed by atoms with E-state index >= 15 is 0 Å².